The first kappa shape index (κ1) is 14.9. The topological polar surface area (TPSA) is 67.2 Å². The third-order valence-electron chi connectivity index (χ3n) is 3.73. The maximum Gasteiger partial charge on any atom is 0.253 e. The molecule has 20 heavy (non-hydrogen) atoms. The number of piperidine rings is 1. The van der Waals surface area contributed by atoms with Gasteiger partial charge in [-0.25, -0.2) is 0 Å². The van der Waals surface area contributed by atoms with Crippen molar-refractivity contribution in [2.45, 2.75) is 57.7 Å². The molecule has 0 saturated carbocycles. The lowest BCUT2D eigenvalue weighted by molar-refractivity contribution is 0.0874. The minimum absolute atomic E-state index is 0.0158. The number of anilines is 1. The summed E-state index contributed by atoms with van der Waals surface area (Å²) in [4.78, 5) is 12.3. The third kappa shape index (κ3) is 3.51. The van der Waals surface area contributed by atoms with Crippen molar-refractivity contribution in [2.24, 2.45) is 0 Å². The van der Waals surface area contributed by atoms with Gasteiger partial charge in [-0.3, -0.25) is 4.79 Å². The molecule has 1 aliphatic rings. The lowest BCUT2D eigenvalue weighted by atomic mass is 9.79. The first-order chi connectivity index (χ1) is 9.19. The predicted octanol–water partition coefficient (Wildman–Crippen LogP) is 2.31. The Kier molecular flexibility index (Phi) is 3.78. The molecule has 0 spiro atoms. The Morgan fingerprint density at radius 3 is 2.30 bits per heavy atom. The summed E-state index contributed by atoms with van der Waals surface area (Å²) in [6, 6.07) is 7.35. The highest BCUT2D eigenvalue weighted by Crippen LogP contribution is 2.28. The van der Waals surface area contributed by atoms with Gasteiger partial charge in [-0.05, 0) is 52.7 Å². The number of rotatable bonds is 2. The van der Waals surface area contributed by atoms with Crippen LogP contribution in [0.1, 0.15) is 50.9 Å². The van der Waals surface area contributed by atoms with E-state index in [1.54, 1.807) is 12.1 Å². The number of nitrogen functional groups attached to an aromatic ring is 1. The number of nitrogens with one attached hydrogen (secondary N) is 2. The van der Waals surface area contributed by atoms with E-state index in [1.165, 1.54) is 0 Å². The third-order valence-corrected chi connectivity index (χ3v) is 3.73. The Bertz CT molecular complexity index is 492. The van der Waals surface area contributed by atoms with Crippen molar-refractivity contribution >= 4 is 11.6 Å². The summed E-state index contributed by atoms with van der Waals surface area (Å²) in [5, 5.41) is 6.74. The number of benzene rings is 1. The number of carbonyl (C=O) groups excluding carboxylic acids is 1. The van der Waals surface area contributed by atoms with Gasteiger partial charge in [0.05, 0.1) is 5.56 Å². The second kappa shape index (κ2) is 5.09. The second-order valence-corrected chi connectivity index (χ2v) is 7.06. The molecular formula is C16H25N3O. The number of carbonyl (C=O) groups is 1. The molecule has 1 aliphatic heterocycles. The molecule has 0 radical (unpaired) electrons. The molecule has 0 unspecified atom stereocenters. The molecular weight excluding hydrogens is 250 g/mol. The van der Waals surface area contributed by atoms with E-state index >= 15 is 0 Å². The molecule has 0 aliphatic carbocycles. The Hall–Kier alpha value is -1.55. The first-order valence-corrected chi connectivity index (χ1v) is 7.13. The number of nitrogens with two attached hydrogens (primary N) is 1. The Morgan fingerprint density at radius 2 is 1.75 bits per heavy atom. The van der Waals surface area contributed by atoms with Gasteiger partial charge >= 0.3 is 0 Å². The highest BCUT2D eigenvalue weighted by atomic mass is 16.1. The molecule has 1 fully saturated rings. The molecule has 0 bridgehead atoms. The summed E-state index contributed by atoms with van der Waals surface area (Å²) >= 11 is 0. The van der Waals surface area contributed by atoms with Crippen molar-refractivity contribution in [3.8, 4) is 0 Å². The fourth-order valence-corrected chi connectivity index (χ4v) is 3.39. The van der Waals surface area contributed by atoms with Crippen LogP contribution in [-0.2, 0) is 0 Å². The van der Waals surface area contributed by atoms with Crippen molar-refractivity contribution in [3.63, 3.8) is 0 Å². The minimum atomic E-state index is -0.0819. The minimum Gasteiger partial charge on any atom is -0.398 e. The summed E-state index contributed by atoms with van der Waals surface area (Å²) in [6.07, 6.45) is 1.82. The van der Waals surface area contributed by atoms with E-state index in [1.807, 2.05) is 12.1 Å². The second-order valence-electron chi connectivity index (χ2n) is 7.06. The standard InChI is InChI=1S/C16H25N3O/c1-15(2)9-11(10-16(3,4)19-15)18-14(20)12-7-5-6-8-13(12)17/h5-8,11,19H,9-10,17H2,1-4H3,(H,18,20). The van der Waals surface area contributed by atoms with E-state index in [-0.39, 0.29) is 23.0 Å². The molecule has 0 aromatic heterocycles. The van der Waals surface area contributed by atoms with E-state index in [4.69, 9.17) is 5.73 Å². The molecule has 110 valence electrons. The SMILES string of the molecule is CC1(C)CC(NC(=O)c2ccccc2N)CC(C)(C)N1. The van der Waals surface area contributed by atoms with E-state index in [9.17, 15) is 4.79 Å². The monoisotopic (exact) mass is 275 g/mol. The van der Waals surface area contributed by atoms with E-state index in [0.29, 0.717) is 11.3 Å². The van der Waals surface area contributed by atoms with Crippen LogP contribution in [0.2, 0.25) is 0 Å². The number of amides is 1. The van der Waals surface area contributed by atoms with Crippen LogP contribution in [0.5, 0.6) is 0 Å². The van der Waals surface area contributed by atoms with Gasteiger partial charge in [0, 0.05) is 22.8 Å². The highest BCUT2D eigenvalue weighted by Gasteiger charge is 2.38. The quantitative estimate of drug-likeness (QED) is 0.726. The summed E-state index contributed by atoms with van der Waals surface area (Å²) in [7, 11) is 0. The zero-order chi connectivity index (χ0) is 15.0. The van der Waals surface area contributed by atoms with Gasteiger partial charge in [0.25, 0.3) is 5.91 Å². The molecule has 1 heterocycles. The van der Waals surface area contributed by atoms with Gasteiger partial charge in [0.1, 0.15) is 0 Å². The largest absolute Gasteiger partial charge is 0.398 e. The van der Waals surface area contributed by atoms with Crippen LogP contribution >= 0.6 is 0 Å². The van der Waals surface area contributed by atoms with Crippen LogP contribution in [0.3, 0.4) is 0 Å². The zero-order valence-corrected chi connectivity index (χ0v) is 12.8. The van der Waals surface area contributed by atoms with Gasteiger partial charge in [-0.2, -0.15) is 0 Å². The summed E-state index contributed by atoms with van der Waals surface area (Å²) < 4.78 is 0. The van der Waals surface area contributed by atoms with E-state index in [2.05, 4.69) is 38.3 Å². The molecule has 1 aromatic rings. The Balaban J connectivity index is 2.10. The summed E-state index contributed by atoms with van der Waals surface area (Å²) in [5.41, 5.74) is 6.97. The Labute approximate surface area is 121 Å². The predicted molar refractivity (Wildman–Crippen MR) is 82.6 cm³/mol. The van der Waals surface area contributed by atoms with Crippen LogP contribution in [-0.4, -0.2) is 23.0 Å². The molecule has 1 aromatic carbocycles. The van der Waals surface area contributed by atoms with Crippen LogP contribution in [0, 0.1) is 0 Å². The average molecular weight is 275 g/mol. The van der Waals surface area contributed by atoms with Crippen LogP contribution in [0.4, 0.5) is 5.69 Å². The van der Waals surface area contributed by atoms with Gasteiger partial charge in [-0.1, -0.05) is 12.1 Å². The lowest BCUT2D eigenvalue weighted by Gasteiger charge is -2.46. The van der Waals surface area contributed by atoms with Crippen LogP contribution in [0.25, 0.3) is 0 Å². The van der Waals surface area contributed by atoms with Crippen LogP contribution in [0.15, 0.2) is 24.3 Å². The zero-order valence-electron chi connectivity index (χ0n) is 12.8. The molecule has 1 amide bonds. The average Bonchev–Trinajstić information content (AvgIpc) is 2.24. The molecule has 4 nitrogen and oxygen atoms in total. The van der Waals surface area contributed by atoms with Crippen molar-refractivity contribution in [2.75, 3.05) is 5.73 Å². The van der Waals surface area contributed by atoms with Gasteiger partial charge in [0.15, 0.2) is 0 Å². The Morgan fingerprint density at radius 1 is 1.20 bits per heavy atom. The molecule has 1 saturated heterocycles. The molecule has 2 rings (SSSR count). The lowest BCUT2D eigenvalue weighted by Crippen LogP contribution is -2.62. The maximum atomic E-state index is 12.3. The molecule has 0 atom stereocenters. The van der Waals surface area contributed by atoms with Gasteiger partial charge < -0.3 is 16.4 Å². The van der Waals surface area contributed by atoms with E-state index in [0.717, 1.165) is 12.8 Å². The highest BCUT2D eigenvalue weighted by molar-refractivity contribution is 5.99. The summed E-state index contributed by atoms with van der Waals surface area (Å²) in [6.45, 7) is 8.68. The maximum absolute atomic E-state index is 12.3. The fourth-order valence-electron chi connectivity index (χ4n) is 3.39. The first-order valence-electron chi connectivity index (χ1n) is 7.13. The van der Waals surface area contributed by atoms with E-state index < -0.39 is 0 Å². The summed E-state index contributed by atoms with van der Waals surface area (Å²) in [5.74, 6) is -0.0819. The molecule has 4 N–H and O–H groups in total. The van der Waals surface area contributed by atoms with Crippen LogP contribution < -0.4 is 16.4 Å². The molecule has 4 heteroatoms. The van der Waals surface area contributed by atoms with Crippen molar-refractivity contribution in [3.05, 3.63) is 29.8 Å². The van der Waals surface area contributed by atoms with Crippen molar-refractivity contribution < 1.29 is 4.79 Å². The number of para-hydroxylation sites is 1. The van der Waals surface area contributed by atoms with Crippen molar-refractivity contribution in [1.82, 2.24) is 10.6 Å². The number of hydrogen-bond donors (Lipinski definition) is 3. The van der Waals surface area contributed by atoms with Crippen molar-refractivity contribution in [1.29, 1.82) is 0 Å². The normalized spacial score (nSPS) is 21.4. The number of hydrogen-bond acceptors (Lipinski definition) is 3. The van der Waals surface area contributed by atoms with Gasteiger partial charge in [0.2, 0.25) is 0 Å². The smallest absolute Gasteiger partial charge is 0.253 e. The fraction of sp³-hybridized carbons (Fsp3) is 0.562. The van der Waals surface area contributed by atoms with Gasteiger partial charge in [-0.15, -0.1) is 0 Å².